The SMILES string of the molecule is CC(=O)c1cc(Cl)c(COc2ccc3c(n2)C2(CCN(Cc4nc5ccc(C(=O)O)cc5n4C[C@@H]4CCO4)C2)CO3)s1. The number of fused-ring (bicyclic) bond motifs is 3. The van der Waals surface area contributed by atoms with Crippen LogP contribution in [0.5, 0.6) is 11.6 Å². The molecule has 3 aromatic heterocycles. The van der Waals surface area contributed by atoms with E-state index in [1.54, 1.807) is 30.3 Å². The number of aromatic carboxylic acids is 1. The molecule has 0 aliphatic carbocycles. The van der Waals surface area contributed by atoms with Crippen LogP contribution in [-0.4, -0.2) is 68.7 Å². The van der Waals surface area contributed by atoms with Gasteiger partial charge in [-0.1, -0.05) is 11.6 Å². The van der Waals surface area contributed by atoms with Crippen LogP contribution in [-0.2, 0) is 29.8 Å². The number of hydrogen-bond donors (Lipinski definition) is 1. The summed E-state index contributed by atoms with van der Waals surface area (Å²) in [7, 11) is 0. The number of carboxylic acid groups (broad SMARTS) is 1. The van der Waals surface area contributed by atoms with Crippen molar-refractivity contribution in [3.63, 3.8) is 0 Å². The highest BCUT2D eigenvalue weighted by Crippen LogP contribution is 2.45. The summed E-state index contributed by atoms with van der Waals surface area (Å²) in [6.45, 7) is 5.90. The maximum atomic E-state index is 11.7. The van der Waals surface area contributed by atoms with Crippen LogP contribution in [0.1, 0.15) is 56.2 Å². The summed E-state index contributed by atoms with van der Waals surface area (Å²) in [6, 6.07) is 10.5. The molecule has 1 aromatic carbocycles. The smallest absolute Gasteiger partial charge is 0.335 e. The maximum absolute atomic E-state index is 11.7. The number of rotatable bonds is 9. The summed E-state index contributed by atoms with van der Waals surface area (Å²) < 4.78 is 19.9. The van der Waals surface area contributed by atoms with E-state index in [-0.39, 0.29) is 29.5 Å². The Labute approximate surface area is 250 Å². The van der Waals surface area contributed by atoms with E-state index >= 15 is 0 Å². The largest absolute Gasteiger partial charge is 0.491 e. The molecule has 3 aliphatic heterocycles. The van der Waals surface area contributed by atoms with Gasteiger partial charge in [-0.25, -0.2) is 14.8 Å². The van der Waals surface area contributed by atoms with Crippen LogP contribution in [0, 0.1) is 0 Å². The summed E-state index contributed by atoms with van der Waals surface area (Å²) in [5.74, 6) is 1.17. The Bertz CT molecular complexity index is 1720. The van der Waals surface area contributed by atoms with Crippen molar-refractivity contribution in [3.8, 4) is 11.6 Å². The number of nitrogens with zero attached hydrogens (tertiary/aromatic N) is 4. The Balaban J connectivity index is 1.10. The van der Waals surface area contributed by atoms with E-state index in [1.807, 2.05) is 6.07 Å². The van der Waals surface area contributed by atoms with E-state index in [9.17, 15) is 14.7 Å². The number of likely N-dealkylation sites (tertiary alicyclic amines) is 1. The molecule has 0 saturated carbocycles. The highest BCUT2D eigenvalue weighted by Gasteiger charge is 2.47. The van der Waals surface area contributed by atoms with Gasteiger partial charge in [0.05, 0.1) is 61.7 Å². The lowest BCUT2D eigenvalue weighted by Crippen LogP contribution is -2.34. The van der Waals surface area contributed by atoms with Crippen LogP contribution in [0.2, 0.25) is 5.02 Å². The number of ketones is 1. The fourth-order valence-corrected chi connectivity index (χ4v) is 7.18. The molecule has 42 heavy (non-hydrogen) atoms. The quantitative estimate of drug-likeness (QED) is 0.263. The molecule has 6 heterocycles. The molecule has 3 aliphatic rings. The van der Waals surface area contributed by atoms with Gasteiger partial charge in [-0.05, 0) is 56.6 Å². The third-order valence-corrected chi connectivity index (χ3v) is 10.0. The van der Waals surface area contributed by atoms with Crippen LogP contribution < -0.4 is 9.47 Å². The predicted octanol–water partition coefficient (Wildman–Crippen LogP) is 4.95. The van der Waals surface area contributed by atoms with Crippen molar-refractivity contribution in [2.24, 2.45) is 0 Å². The molecule has 0 radical (unpaired) electrons. The number of halogens is 1. The lowest BCUT2D eigenvalue weighted by atomic mass is 9.85. The first-order chi connectivity index (χ1) is 20.3. The molecule has 2 fully saturated rings. The molecule has 1 unspecified atom stereocenters. The number of thiophene rings is 1. The minimum absolute atomic E-state index is 0.0226. The summed E-state index contributed by atoms with van der Waals surface area (Å²) in [6.07, 6.45) is 1.96. The fourth-order valence-electron chi connectivity index (χ4n) is 5.97. The zero-order valence-electron chi connectivity index (χ0n) is 23.0. The number of Topliss-reactive ketones (excluding diaryl/α,β-unsaturated/α-hetero) is 1. The number of imidazole rings is 1. The predicted molar refractivity (Wildman–Crippen MR) is 156 cm³/mol. The second-order valence-electron chi connectivity index (χ2n) is 11.2. The van der Waals surface area contributed by atoms with E-state index in [1.165, 1.54) is 18.3 Å². The molecule has 1 spiro atoms. The van der Waals surface area contributed by atoms with E-state index in [0.29, 0.717) is 35.5 Å². The minimum Gasteiger partial charge on any atom is -0.491 e. The monoisotopic (exact) mass is 608 g/mol. The number of aromatic nitrogens is 3. The van der Waals surface area contributed by atoms with Crippen molar-refractivity contribution < 1.29 is 28.9 Å². The van der Waals surface area contributed by atoms with Gasteiger partial charge >= 0.3 is 5.97 Å². The molecule has 1 N–H and O–H groups in total. The zero-order chi connectivity index (χ0) is 29.0. The number of pyridine rings is 1. The molecule has 218 valence electrons. The molecule has 2 atom stereocenters. The van der Waals surface area contributed by atoms with Gasteiger partial charge in [-0.3, -0.25) is 9.69 Å². The van der Waals surface area contributed by atoms with Gasteiger partial charge in [0.2, 0.25) is 5.88 Å². The van der Waals surface area contributed by atoms with E-state index in [4.69, 9.17) is 35.8 Å². The Morgan fingerprint density at radius 2 is 2.10 bits per heavy atom. The number of carboxylic acids is 1. The van der Waals surface area contributed by atoms with Crippen LogP contribution in [0.15, 0.2) is 36.4 Å². The van der Waals surface area contributed by atoms with Crippen LogP contribution >= 0.6 is 22.9 Å². The average molecular weight is 609 g/mol. The normalized spacial score (nSPS) is 21.4. The molecule has 7 rings (SSSR count). The highest BCUT2D eigenvalue weighted by atomic mass is 35.5. The number of ether oxygens (including phenoxy) is 3. The van der Waals surface area contributed by atoms with Crippen molar-refractivity contribution in [1.82, 2.24) is 19.4 Å². The third-order valence-electron chi connectivity index (χ3n) is 8.35. The van der Waals surface area contributed by atoms with Gasteiger partial charge in [0.25, 0.3) is 0 Å². The topological polar surface area (TPSA) is 116 Å². The first-order valence-electron chi connectivity index (χ1n) is 13.9. The molecular weight excluding hydrogens is 580 g/mol. The minimum atomic E-state index is -0.956. The zero-order valence-corrected chi connectivity index (χ0v) is 24.5. The lowest BCUT2D eigenvalue weighted by Gasteiger charge is -2.28. The van der Waals surface area contributed by atoms with Crippen LogP contribution in [0.25, 0.3) is 11.0 Å². The second kappa shape index (κ2) is 10.6. The van der Waals surface area contributed by atoms with Crippen LogP contribution in [0.3, 0.4) is 0 Å². The van der Waals surface area contributed by atoms with Gasteiger partial charge in [-0.15, -0.1) is 11.3 Å². The number of benzene rings is 1. The second-order valence-corrected chi connectivity index (χ2v) is 12.7. The Hall–Kier alpha value is -3.51. The molecule has 4 aromatic rings. The third kappa shape index (κ3) is 4.94. The van der Waals surface area contributed by atoms with Gasteiger partial charge in [-0.2, -0.15) is 0 Å². The Kier molecular flexibility index (Phi) is 6.92. The molecule has 0 bridgehead atoms. The molecule has 2 saturated heterocycles. The van der Waals surface area contributed by atoms with Crippen molar-refractivity contribution >= 4 is 45.7 Å². The van der Waals surface area contributed by atoms with Gasteiger partial charge < -0.3 is 23.9 Å². The van der Waals surface area contributed by atoms with Gasteiger partial charge in [0.15, 0.2) is 5.78 Å². The van der Waals surface area contributed by atoms with Crippen molar-refractivity contribution in [3.05, 3.63) is 68.3 Å². The Morgan fingerprint density at radius 3 is 2.83 bits per heavy atom. The lowest BCUT2D eigenvalue weighted by molar-refractivity contribution is -0.0591. The number of carbonyl (C=O) groups is 2. The standard InChI is InChI=1S/C30H29ClN4O6S/c1-17(36)24-11-20(31)25(42-24)14-40-27-5-4-23-28(33-27)30(16-41-23)7-8-34(15-30)13-26-32-21-3-2-18(29(37)38)10-22(21)35(26)12-19-6-9-39-19/h2-5,10-11,19H,6-9,12-16H2,1H3,(H,37,38)/t19-,30?/m0/s1. The van der Waals surface area contributed by atoms with Gasteiger partial charge in [0, 0.05) is 19.2 Å². The van der Waals surface area contributed by atoms with E-state index in [2.05, 4.69) is 9.47 Å². The first-order valence-corrected chi connectivity index (χ1v) is 15.1. The summed E-state index contributed by atoms with van der Waals surface area (Å²) >= 11 is 7.66. The summed E-state index contributed by atoms with van der Waals surface area (Å²) in [5.41, 5.74) is 2.47. The fraction of sp³-hybridized carbons (Fsp3) is 0.400. The molecule has 0 amide bonds. The number of hydrogen-bond acceptors (Lipinski definition) is 9. The van der Waals surface area contributed by atoms with Crippen molar-refractivity contribution in [1.29, 1.82) is 0 Å². The molecule has 10 nitrogen and oxygen atoms in total. The number of carbonyl (C=O) groups excluding carboxylic acids is 1. The highest BCUT2D eigenvalue weighted by molar-refractivity contribution is 7.14. The summed E-state index contributed by atoms with van der Waals surface area (Å²) in [5, 5.41) is 10.1. The van der Waals surface area contributed by atoms with Crippen molar-refractivity contribution in [2.45, 2.75) is 51.0 Å². The maximum Gasteiger partial charge on any atom is 0.335 e. The van der Waals surface area contributed by atoms with E-state index < -0.39 is 5.97 Å². The van der Waals surface area contributed by atoms with Crippen molar-refractivity contribution in [2.75, 3.05) is 26.3 Å². The van der Waals surface area contributed by atoms with E-state index in [0.717, 1.165) is 65.7 Å². The molecular formula is C30H29ClN4O6S. The van der Waals surface area contributed by atoms with Crippen LogP contribution in [0.4, 0.5) is 0 Å². The summed E-state index contributed by atoms with van der Waals surface area (Å²) in [4.78, 5) is 36.9. The van der Waals surface area contributed by atoms with Gasteiger partial charge in [0.1, 0.15) is 24.8 Å². The Morgan fingerprint density at radius 1 is 1.24 bits per heavy atom. The molecule has 12 heteroatoms. The first kappa shape index (κ1) is 27.3. The average Bonchev–Trinajstić information content (AvgIpc) is 3.70.